The SMILES string of the molecule is CC(Cc1ccccc1F)C(=O)N1CCC(F)(C(=O)O)C1. The number of carbonyl (C=O) groups excluding carboxylic acids is 1. The highest BCUT2D eigenvalue weighted by Gasteiger charge is 2.47. The van der Waals surface area contributed by atoms with Crippen LogP contribution in [0.1, 0.15) is 18.9 Å². The van der Waals surface area contributed by atoms with Crippen LogP contribution in [0.2, 0.25) is 0 Å². The third kappa shape index (κ3) is 3.20. The Bertz CT molecular complexity index is 564. The lowest BCUT2D eigenvalue weighted by Crippen LogP contribution is -2.40. The largest absolute Gasteiger partial charge is 0.479 e. The molecule has 0 radical (unpaired) electrons. The first-order valence-electron chi connectivity index (χ1n) is 6.78. The van der Waals surface area contributed by atoms with Crippen molar-refractivity contribution in [3.8, 4) is 0 Å². The summed E-state index contributed by atoms with van der Waals surface area (Å²) in [7, 11) is 0. The highest BCUT2D eigenvalue weighted by Crippen LogP contribution is 2.27. The molecule has 1 amide bonds. The van der Waals surface area contributed by atoms with Crippen molar-refractivity contribution < 1.29 is 23.5 Å². The second-order valence-corrected chi connectivity index (χ2v) is 5.48. The number of amides is 1. The van der Waals surface area contributed by atoms with Gasteiger partial charge in [-0.25, -0.2) is 13.6 Å². The molecule has 6 heteroatoms. The van der Waals surface area contributed by atoms with E-state index in [9.17, 15) is 18.4 Å². The van der Waals surface area contributed by atoms with Crippen molar-refractivity contribution in [3.63, 3.8) is 0 Å². The molecule has 1 aromatic carbocycles. The lowest BCUT2D eigenvalue weighted by atomic mass is 9.99. The van der Waals surface area contributed by atoms with E-state index in [1.54, 1.807) is 25.1 Å². The number of alkyl halides is 1. The zero-order valence-electron chi connectivity index (χ0n) is 11.7. The number of nitrogens with zero attached hydrogens (tertiary/aromatic N) is 1. The first-order valence-corrected chi connectivity index (χ1v) is 6.78. The van der Waals surface area contributed by atoms with Crippen LogP contribution in [0.5, 0.6) is 0 Å². The van der Waals surface area contributed by atoms with Gasteiger partial charge in [0.05, 0.1) is 6.54 Å². The van der Waals surface area contributed by atoms with Gasteiger partial charge in [0.15, 0.2) is 0 Å². The number of likely N-dealkylation sites (tertiary alicyclic amines) is 1. The first-order chi connectivity index (χ1) is 9.83. The summed E-state index contributed by atoms with van der Waals surface area (Å²) >= 11 is 0. The number of carbonyl (C=O) groups is 2. The number of rotatable bonds is 4. The molecule has 0 aliphatic carbocycles. The molecular formula is C15H17F2NO3. The van der Waals surface area contributed by atoms with Gasteiger partial charge in [-0.2, -0.15) is 0 Å². The number of hydrogen-bond donors (Lipinski definition) is 1. The molecule has 1 aliphatic rings. The van der Waals surface area contributed by atoms with Gasteiger partial charge in [-0.1, -0.05) is 25.1 Å². The van der Waals surface area contributed by atoms with E-state index in [1.165, 1.54) is 11.0 Å². The Morgan fingerprint density at radius 3 is 2.67 bits per heavy atom. The van der Waals surface area contributed by atoms with Crippen LogP contribution < -0.4 is 0 Å². The quantitative estimate of drug-likeness (QED) is 0.925. The molecular weight excluding hydrogens is 280 g/mol. The minimum absolute atomic E-state index is 0.0727. The minimum Gasteiger partial charge on any atom is -0.479 e. The Kier molecular flexibility index (Phi) is 4.25. The molecule has 1 saturated heterocycles. The van der Waals surface area contributed by atoms with Gasteiger partial charge in [-0.15, -0.1) is 0 Å². The van der Waals surface area contributed by atoms with Crippen LogP contribution in [-0.4, -0.2) is 40.6 Å². The number of carboxylic acid groups (broad SMARTS) is 1. The predicted molar refractivity (Wildman–Crippen MR) is 71.9 cm³/mol. The maximum Gasteiger partial charge on any atom is 0.343 e. The summed E-state index contributed by atoms with van der Waals surface area (Å²) < 4.78 is 27.5. The van der Waals surface area contributed by atoms with E-state index < -0.39 is 24.1 Å². The van der Waals surface area contributed by atoms with E-state index in [4.69, 9.17) is 5.11 Å². The van der Waals surface area contributed by atoms with Crippen molar-refractivity contribution in [1.29, 1.82) is 0 Å². The van der Waals surface area contributed by atoms with Crippen LogP contribution in [0.15, 0.2) is 24.3 Å². The van der Waals surface area contributed by atoms with Crippen LogP contribution in [0.4, 0.5) is 8.78 Å². The lowest BCUT2D eigenvalue weighted by Gasteiger charge is -2.21. The molecule has 2 unspecified atom stereocenters. The van der Waals surface area contributed by atoms with Crippen LogP contribution in [-0.2, 0) is 16.0 Å². The predicted octanol–water partition coefficient (Wildman–Crippen LogP) is 2.03. The van der Waals surface area contributed by atoms with E-state index in [0.717, 1.165) is 0 Å². The molecule has 0 bridgehead atoms. The topological polar surface area (TPSA) is 57.6 Å². The highest BCUT2D eigenvalue weighted by atomic mass is 19.1. The van der Waals surface area contributed by atoms with Crippen molar-refractivity contribution in [2.45, 2.75) is 25.4 Å². The molecule has 0 aromatic heterocycles. The Morgan fingerprint density at radius 1 is 1.43 bits per heavy atom. The van der Waals surface area contributed by atoms with Gasteiger partial charge in [-0.3, -0.25) is 4.79 Å². The molecule has 1 N–H and O–H groups in total. The Labute approximate surface area is 121 Å². The molecule has 1 heterocycles. The second-order valence-electron chi connectivity index (χ2n) is 5.48. The summed E-state index contributed by atoms with van der Waals surface area (Å²) in [6.07, 6.45) is -0.00510. The maximum absolute atomic E-state index is 13.9. The van der Waals surface area contributed by atoms with Crippen molar-refractivity contribution in [2.75, 3.05) is 13.1 Å². The van der Waals surface area contributed by atoms with Crippen molar-refractivity contribution in [1.82, 2.24) is 4.90 Å². The summed E-state index contributed by atoms with van der Waals surface area (Å²) in [4.78, 5) is 24.3. The summed E-state index contributed by atoms with van der Waals surface area (Å²) in [5.74, 6) is -2.81. The van der Waals surface area contributed by atoms with Crippen LogP contribution >= 0.6 is 0 Å². The number of benzene rings is 1. The van der Waals surface area contributed by atoms with Gasteiger partial charge in [-0.05, 0) is 18.1 Å². The highest BCUT2D eigenvalue weighted by molar-refractivity contribution is 5.83. The molecule has 2 rings (SSSR count). The van der Waals surface area contributed by atoms with Crippen LogP contribution in [0.25, 0.3) is 0 Å². The van der Waals surface area contributed by atoms with Crippen molar-refractivity contribution in [2.24, 2.45) is 5.92 Å². The Morgan fingerprint density at radius 2 is 2.10 bits per heavy atom. The molecule has 114 valence electrons. The molecule has 0 spiro atoms. The van der Waals surface area contributed by atoms with Gasteiger partial charge in [0.2, 0.25) is 11.6 Å². The zero-order valence-corrected chi connectivity index (χ0v) is 11.7. The standard InChI is InChI=1S/C15H17F2NO3/c1-10(8-11-4-2-3-5-12(11)16)13(19)18-7-6-15(17,9-18)14(20)21/h2-5,10H,6-9H2,1H3,(H,20,21). The molecule has 0 saturated carbocycles. The van der Waals surface area contributed by atoms with E-state index in [2.05, 4.69) is 0 Å². The molecule has 1 fully saturated rings. The zero-order chi connectivity index (χ0) is 15.6. The average Bonchev–Trinajstić information content (AvgIpc) is 2.84. The molecule has 2 atom stereocenters. The lowest BCUT2D eigenvalue weighted by molar-refractivity contribution is -0.150. The normalized spacial score (nSPS) is 23.1. The van der Waals surface area contributed by atoms with Gasteiger partial charge in [0.1, 0.15) is 5.82 Å². The van der Waals surface area contributed by atoms with E-state index in [-0.39, 0.29) is 31.1 Å². The average molecular weight is 297 g/mol. The molecule has 21 heavy (non-hydrogen) atoms. The van der Waals surface area contributed by atoms with E-state index in [0.29, 0.717) is 5.56 Å². The third-order valence-corrected chi connectivity index (χ3v) is 3.82. The fraction of sp³-hybridized carbons (Fsp3) is 0.467. The first kappa shape index (κ1) is 15.4. The fourth-order valence-electron chi connectivity index (χ4n) is 2.53. The fourth-order valence-corrected chi connectivity index (χ4v) is 2.53. The number of hydrogen-bond acceptors (Lipinski definition) is 2. The van der Waals surface area contributed by atoms with Crippen LogP contribution in [0.3, 0.4) is 0 Å². The molecule has 1 aromatic rings. The second kappa shape index (κ2) is 5.79. The van der Waals surface area contributed by atoms with Gasteiger partial charge >= 0.3 is 5.97 Å². The monoisotopic (exact) mass is 297 g/mol. The van der Waals surface area contributed by atoms with Gasteiger partial charge < -0.3 is 10.0 Å². The van der Waals surface area contributed by atoms with Gasteiger partial charge in [0.25, 0.3) is 0 Å². The molecule has 1 aliphatic heterocycles. The number of aliphatic carboxylic acids is 1. The smallest absolute Gasteiger partial charge is 0.343 e. The van der Waals surface area contributed by atoms with E-state index >= 15 is 0 Å². The summed E-state index contributed by atoms with van der Waals surface area (Å²) in [5, 5.41) is 8.82. The van der Waals surface area contributed by atoms with Gasteiger partial charge in [0, 0.05) is 18.9 Å². The van der Waals surface area contributed by atoms with Crippen molar-refractivity contribution >= 4 is 11.9 Å². The number of halogens is 2. The molecule has 4 nitrogen and oxygen atoms in total. The summed E-state index contributed by atoms with van der Waals surface area (Å²) in [6, 6.07) is 6.16. The number of carboxylic acids is 1. The third-order valence-electron chi connectivity index (χ3n) is 3.82. The van der Waals surface area contributed by atoms with E-state index in [1.807, 2.05) is 0 Å². The summed E-state index contributed by atoms with van der Waals surface area (Å²) in [6.45, 7) is 1.26. The Balaban J connectivity index is 2.01. The Hall–Kier alpha value is -1.98. The summed E-state index contributed by atoms with van der Waals surface area (Å²) in [5.41, 5.74) is -1.95. The maximum atomic E-state index is 13.9. The minimum atomic E-state index is -2.37. The van der Waals surface area contributed by atoms with Crippen molar-refractivity contribution in [3.05, 3.63) is 35.6 Å². The van der Waals surface area contributed by atoms with Crippen LogP contribution in [0, 0.1) is 11.7 Å².